The van der Waals surface area contributed by atoms with Crippen LogP contribution < -0.4 is 14.2 Å². The van der Waals surface area contributed by atoms with Crippen molar-refractivity contribution in [3.63, 3.8) is 0 Å². The lowest BCUT2D eigenvalue weighted by atomic mass is 10.1. The minimum absolute atomic E-state index is 0.112. The lowest BCUT2D eigenvalue weighted by Crippen LogP contribution is -2.37. The SMILES string of the molecule is CN(CC1CCCCO1)C(=O)c1cc(COc2ccc3c(c2)OCO3)[nH]n1. The normalized spacial score (nSPS) is 18.3. The Hall–Kier alpha value is -2.74. The van der Waals surface area contributed by atoms with Crippen LogP contribution in [0.1, 0.15) is 35.4 Å². The Kier molecular flexibility index (Phi) is 5.15. The van der Waals surface area contributed by atoms with E-state index in [1.807, 2.05) is 12.1 Å². The molecule has 1 amide bonds. The van der Waals surface area contributed by atoms with Gasteiger partial charge in [-0.3, -0.25) is 9.89 Å². The van der Waals surface area contributed by atoms with E-state index >= 15 is 0 Å². The molecule has 2 aliphatic heterocycles. The smallest absolute Gasteiger partial charge is 0.274 e. The first kappa shape index (κ1) is 17.7. The molecule has 0 bridgehead atoms. The number of nitrogens with zero attached hydrogens (tertiary/aromatic N) is 2. The zero-order chi connectivity index (χ0) is 18.6. The van der Waals surface area contributed by atoms with Gasteiger partial charge < -0.3 is 23.8 Å². The molecule has 0 radical (unpaired) electrons. The molecule has 1 aromatic heterocycles. The van der Waals surface area contributed by atoms with E-state index in [0.717, 1.165) is 31.6 Å². The van der Waals surface area contributed by atoms with E-state index in [4.69, 9.17) is 18.9 Å². The molecule has 27 heavy (non-hydrogen) atoms. The second-order valence-electron chi connectivity index (χ2n) is 6.76. The van der Waals surface area contributed by atoms with Gasteiger partial charge in [-0.25, -0.2) is 0 Å². The van der Waals surface area contributed by atoms with E-state index in [0.29, 0.717) is 29.5 Å². The molecule has 0 saturated carbocycles. The van der Waals surface area contributed by atoms with Crippen LogP contribution in [0.4, 0.5) is 0 Å². The molecule has 2 aromatic rings. The lowest BCUT2D eigenvalue weighted by Gasteiger charge is -2.27. The predicted molar refractivity (Wildman–Crippen MR) is 96.0 cm³/mol. The molecule has 8 nitrogen and oxygen atoms in total. The van der Waals surface area contributed by atoms with Gasteiger partial charge in [-0.2, -0.15) is 5.10 Å². The largest absolute Gasteiger partial charge is 0.487 e. The topological polar surface area (TPSA) is 85.9 Å². The van der Waals surface area contributed by atoms with Gasteiger partial charge >= 0.3 is 0 Å². The number of ether oxygens (including phenoxy) is 4. The maximum atomic E-state index is 12.6. The number of fused-ring (bicyclic) bond motifs is 1. The number of hydrogen-bond donors (Lipinski definition) is 1. The van der Waals surface area contributed by atoms with Gasteiger partial charge in [0.05, 0.1) is 11.8 Å². The van der Waals surface area contributed by atoms with E-state index in [1.165, 1.54) is 0 Å². The van der Waals surface area contributed by atoms with Crippen LogP contribution >= 0.6 is 0 Å². The fraction of sp³-hybridized carbons (Fsp3) is 0.474. The summed E-state index contributed by atoms with van der Waals surface area (Å²) in [4.78, 5) is 14.2. The van der Waals surface area contributed by atoms with Crippen LogP contribution in [0, 0.1) is 0 Å². The van der Waals surface area contributed by atoms with Crippen LogP contribution in [-0.4, -0.2) is 54.1 Å². The van der Waals surface area contributed by atoms with E-state index in [1.54, 1.807) is 24.1 Å². The van der Waals surface area contributed by atoms with Crippen LogP contribution in [0.5, 0.6) is 17.2 Å². The van der Waals surface area contributed by atoms with Crippen molar-refractivity contribution in [2.45, 2.75) is 32.0 Å². The standard InChI is InChI=1S/C19H23N3O5/c1-22(10-15-4-2-3-7-24-15)19(23)16-8-13(20-21-16)11-25-14-5-6-17-18(9-14)27-12-26-17/h5-6,8-9,15H,2-4,7,10-12H2,1H3,(H,20,21). The molecule has 3 heterocycles. The van der Waals surface area contributed by atoms with Crippen molar-refractivity contribution in [2.75, 3.05) is 27.0 Å². The quantitative estimate of drug-likeness (QED) is 0.837. The number of rotatable bonds is 6. The van der Waals surface area contributed by atoms with Crippen molar-refractivity contribution in [2.24, 2.45) is 0 Å². The predicted octanol–water partition coefficient (Wildman–Crippen LogP) is 2.36. The molecular formula is C19H23N3O5. The number of benzene rings is 1. The molecule has 144 valence electrons. The maximum Gasteiger partial charge on any atom is 0.274 e. The lowest BCUT2D eigenvalue weighted by molar-refractivity contribution is -0.000291. The second-order valence-corrected chi connectivity index (χ2v) is 6.76. The summed E-state index contributed by atoms with van der Waals surface area (Å²) in [5, 5.41) is 6.98. The van der Waals surface area contributed by atoms with Crippen molar-refractivity contribution in [1.82, 2.24) is 15.1 Å². The minimum Gasteiger partial charge on any atom is -0.487 e. The average molecular weight is 373 g/mol. The number of aromatic amines is 1. The Morgan fingerprint density at radius 3 is 3.04 bits per heavy atom. The van der Waals surface area contributed by atoms with Gasteiger partial charge in [-0.15, -0.1) is 0 Å². The number of hydrogen-bond acceptors (Lipinski definition) is 6. The molecule has 1 fully saturated rings. The molecule has 0 spiro atoms. The zero-order valence-corrected chi connectivity index (χ0v) is 15.3. The van der Waals surface area contributed by atoms with Gasteiger partial charge in [0.2, 0.25) is 6.79 Å². The molecule has 0 aliphatic carbocycles. The van der Waals surface area contributed by atoms with Crippen LogP contribution in [-0.2, 0) is 11.3 Å². The summed E-state index contributed by atoms with van der Waals surface area (Å²) >= 11 is 0. The Morgan fingerprint density at radius 2 is 2.19 bits per heavy atom. The number of carbonyl (C=O) groups excluding carboxylic acids is 1. The first-order chi connectivity index (χ1) is 13.2. The molecule has 8 heteroatoms. The molecule has 1 atom stereocenters. The Bertz CT molecular complexity index is 800. The Morgan fingerprint density at radius 1 is 1.30 bits per heavy atom. The first-order valence-corrected chi connectivity index (χ1v) is 9.13. The van der Waals surface area contributed by atoms with Crippen LogP contribution in [0.25, 0.3) is 0 Å². The summed E-state index contributed by atoms with van der Waals surface area (Å²) in [7, 11) is 1.78. The average Bonchev–Trinajstić information content (AvgIpc) is 3.35. The fourth-order valence-electron chi connectivity index (χ4n) is 3.21. The van der Waals surface area contributed by atoms with Crippen molar-refractivity contribution >= 4 is 5.91 Å². The van der Waals surface area contributed by atoms with Gasteiger partial charge in [-0.1, -0.05) is 0 Å². The second kappa shape index (κ2) is 7.87. The third-order valence-electron chi connectivity index (χ3n) is 4.69. The molecular weight excluding hydrogens is 350 g/mol. The summed E-state index contributed by atoms with van der Waals surface area (Å²) in [6.45, 7) is 1.85. The minimum atomic E-state index is -0.130. The highest BCUT2D eigenvalue weighted by atomic mass is 16.7. The van der Waals surface area contributed by atoms with Crippen LogP contribution in [0.15, 0.2) is 24.3 Å². The molecule has 1 aromatic carbocycles. The number of aromatic nitrogens is 2. The van der Waals surface area contributed by atoms with E-state index < -0.39 is 0 Å². The highest BCUT2D eigenvalue weighted by Gasteiger charge is 2.21. The molecule has 1 unspecified atom stereocenters. The van der Waals surface area contributed by atoms with Crippen molar-refractivity contribution in [1.29, 1.82) is 0 Å². The van der Waals surface area contributed by atoms with Crippen molar-refractivity contribution < 1.29 is 23.7 Å². The maximum absolute atomic E-state index is 12.6. The summed E-state index contributed by atoms with van der Waals surface area (Å²) in [5.41, 5.74) is 1.09. The summed E-state index contributed by atoms with van der Waals surface area (Å²) in [6, 6.07) is 7.12. The van der Waals surface area contributed by atoms with Gasteiger partial charge in [-0.05, 0) is 37.5 Å². The monoisotopic (exact) mass is 373 g/mol. The number of carbonyl (C=O) groups is 1. The van der Waals surface area contributed by atoms with E-state index in [2.05, 4.69) is 10.2 Å². The first-order valence-electron chi connectivity index (χ1n) is 9.13. The number of H-pyrrole nitrogens is 1. The van der Waals surface area contributed by atoms with Crippen LogP contribution in [0.2, 0.25) is 0 Å². The van der Waals surface area contributed by atoms with Gasteiger partial charge in [0, 0.05) is 26.3 Å². The Labute approximate surface area is 157 Å². The number of nitrogens with one attached hydrogen (secondary N) is 1. The highest BCUT2D eigenvalue weighted by molar-refractivity contribution is 5.92. The summed E-state index contributed by atoms with van der Waals surface area (Å²) < 4.78 is 22.0. The van der Waals surface area contributed by atoms with Crippen molar-refractivity contribution in [3.8, 4) is 17.2 Å². The summed E-state index contributed by atoms with van der Waals surface area (Å²) in [6.07, 6.45) is 3.35. The number of likely N-dealkylation sites (N-methyl/N-ethyl adjacent to an activating group) is 1. The molecule has 1 N–H and O–H groups in total. The number of amides is 1. The third-order valence-corrected chi connectivity index (χ3v) is 4.69. The molecule has 1 saturated heterocycles. The fourth-order valence-corrected chi connectivity index (χ4v) is 3.21. The van der Waals surface area contributed by atoms with Gasteiger partial charge in [0.25, 0.3) is 5.91 Å². The third kappa shape index (κ3) is 4.16. The van der Waals surface area contributed by atoms with E-state index in [-0.39, 0.29) is 25.4 Å². The van der Waals surface area contributed by atoms with Crippen molar-refractivity contribution in [3.05, 3.63) is 35.7 Å². The van der Waals surface area contributed by atoms with Crippen LogP contribution in [0.3, 0.4) is 0 Å². The highest BCUT2D eigenvalue weighted by Crippen LogP contribution is 2.35. The van der Waals surface area contributed by atoms with Gasteiger partial charge in [0.1, 0.15) is 12.4 Å². The Balaban J connectivity index is 1.31. The zero-order valence-electron chi connectivity index (χ0n) is 15.3. The summed E-state index contributed by atoms with van der Waals surface area (Å²) in [5.74, 6) is 1.91. The van der Waals surface area contributed by atoms with E-state index in [9.17, 15) is 4.79 Å². The molecule has 2 aliphatic rings. The molecule has 4 rings (SSSR count). The van der Waals surface area contributed by atoms with Gasteiger partial charge in [0.15, 0.2) is 17.2 Å².